The highest BCUT2D eigenvalue weighted by Crippen LogP contribution is 2.18. The molecular weight excluding hydrogens is 322 g/mol. The van der Waals surface area contributed by atoms with E-state index in [-0.39, 0.29) is 5.91 Å². The first kappa shape index (κ1) is 20.2. The largest absolute Gasteiger partial charge is 0.353 e. The molecule has 0 unspecified atom stereocenters. The van der Waals surface area contributed by atoms with E-state index >= 15 is 0 Å². The topological polar surface area (TPSA) is 46.9 Å². The molecule has 2 aromatic rings. The van der Waals surface area contributed by atoms with Gasteiger partial charge in [-0.3, -0.25) is 4.79 Å². The minimum Gasteiger partial charge on any atom is -0.353 e. The lowest BCUT2D eigenvalue weighted by atomic mass is 10.1. The van der Waals surface area contributed by atoms with E-state index < -0.39 is 0 Å². The van der Waals surface area contributed by atoms with Gasteiger partial charge in [-0.2, -0.15) is 0 Å². The van der Waals surface area contributed by atoms with Gasteiger partial charge in [0.1, 0.15) is 5.82 Å². The maximum atomic E-state index is 11.2. The summed E-state index contributed by atoms with van der Waals surface area (Å²) in [6.45, 7) is 7.42. The third-order valence-corrected chi connectivity index (χ3v) is 4.78. The van der Waals surface area contributed by atoms with E-state index in [1.807, 2.05) is 6.07 Å². The number of imidazole rings is 1. The number of aryl methyl sites for hydroxylation is 2. The summed E-state index contributed by atoms with van der Waals surface area (Å²) >= 11 is 0. The van der Waals surface area contributed by atoms with Crippen LogP contribution in [0.2, 0.25) is 0 Å². The lowest BCUT2D eigenvalue weighted by Gasteiger charge is -2.10. The Morgan fingerprint density at radius 2 is 1.85 bits per heavy atom. The second kappa shape index (κ2) is 11.5. The average molecular weight is 356 g/mol. The molecule has 0 aliphatic carbocycles. The lowest BCUT2D eigenvalue weighted by molar-refractivity contribution is -0.116. The van der Waals surface area contributed by atoms with Crippen molar-refractivity contribution in [1.82, 2.24) is 14.9 Å². The summed E-state index contributed by atoms with van der Waals surface area (Å²) in [5.41, 5.74) is 2.30. The Kier molecular flexibility index (Phi) is 8.94. The van der Waals surface area contributed by atoms with Crippen LogP contribution in [-0.4, -0.2) is 22.0 Å². The number of nitrogens with one attached hydrogen (secondary N) is 1. The van der Waals surface area contributed by atoms with Crippen LogP contribution in [0.5, 0.6) is 0 Å². The van der Waals surface area contributed by atoms with Gasteiger partial charge in [0.25, 0.3) is 0 Å². The van der Waals surface area contributed by atoms with Crippen LogP contribution in [0.4, 0.5) is 0 Å². The van der Waals surface area contributed by atoms with E-state index in [9.17, 15) is 4.79 Å². The van der Waals surface area contributed by atoms with Gasteiger partial charge in [-0.05, 0) is 31.1 Å². The van der Waals surface area contributed by atoms with Gasteiger partial charge >= 0.3 is 0 Å². The minimum absolute atomic E-state index is 0.110. The van der Waals surface area contributed by atoms with Gasteiger partial charge in [0.15, 0.2) is 0 Å². The Bertz CT molecular complexity index is 690. The molecule has 1 amide bonds. The van der Waals surface area contributed by atoms with E-state index in [1.54, 1.807) is 0 Å². The number of hydrogen-bond donors (Lipinski definition) is 1. The third kappa shape index (κ3) is 6.32. The van der Waals surface area contributed by atoms with Crippen molar-refractivity contribution in [2.75, 3.05) is 6.54 Å². The highest BCUT2D eigenvalue weighted by atomic mass is 16.1. The summed E-state index contributed by atoms with van der Waals surface area (Å²) in [7, 11) is 0. The molecule has 2 rings (SSSR count). The van der Waals surface area contributed by atoms with Crippen molar-refractivity contribution in [3.05, 3.63) is 42.7 Å². The van der Waals surface area contributed by atoms with Crippen LogP contribution in [0.15, 0.2) is 36.9 Å². The second-order valence-electron chi connectivity index (χ2n) is 6.89. The number of carbonyl (C=O) groups is 1. The van der Waals surface area contributed by atoms with E-state index in [0.29, 0.717) is 6.54 Å². The molecule has 1 heterocycles. The van der Waals surface area contributed by atoms with Crippen LogP contribution in [0.1, 0.15) is 64.1 Å². The summed E-state index contributed by atoms with van der Waals surface area (Å²) in [4.78, 5) is 16.1. The zero-order chi connectivity index (χ0) is 18.6. The smallest absolute Gasteiger partial charge is 0.243 e. The average Bonchev–Trinajstić information content (AvgIpc) is 3.02. The molecule has 0 aliphatic heterocycles. The Balaban J connectivity index is 1.88. The number of nitrogens with zero attached hydrogens (tertiary/aromatic N) is 2. The molecule has 142 valence electrons. The molecule has 0 saturated carbocycles. The zero-order valence-corrected chi connectivity index (χ0v) is 16.2. The fraction of sp³-hybridized carbons (Fsp3) is 0.545. The van der Waals surface area contributed by atoms with Gasteiger partial charge in [0.05, 0.1) is 11.0 Å². The van der Waals surface area contributed by atoms with Crippen LogP contribution < -0.4 is 5.32 Å². The van der Waals surface area contributed by atoms with Crippen LogP contribution in [0.3, 0.4) is 0 Å². The number of hydrogen-bond acceptors (Lipinski definition) is 2. The lowest BCUT2D eigenvalue weighted by Crippen LogP contribution is -2.22. The second-order valence-corrected chi connectivity index (χ2v) is 6.89. The van der Waals surface area contributed by atoms with Gasteiger partial charge in [-0.15, -0.1) is 0 Å². The first-order chi connectivity index (χ1) is 12.8. The van der Waals surface area contributed by atoms with Gasteiger partial charge in [-0.25, -0.2) is 4.98 Å². The van der Waals surface area contributed by atoms with Crippen LogP contribution in [-0.2, 0) is 17.8 Å². The van der Waals surface area contributed by atoms with Crippen LogP contribution >= 0.6 is 0 Å². The van der Waals surface area contributed by atoms with Gasteiger partial charge in [0, 0.05) is 19.5 Å². The van der Waals surface area contributed by atoms with Gasteiger partial charge in [-0.1, -0.05) is 64.2 Å². The third-order valence-electron chi connectivity index (χ3n) is 4.78. The van der Waals surface area contributed by atoms with Crippen molar-refractivity contribution in [3.8, 4) is 0 Å². The highest BCUT2D eigenvalue weighted by molar-refractivity contribution is 5.86. The van der Waals surface area contributed by atoms with E-state index in [1.165, 1.54) is 56.5 Å². The first-order valence-electron chi connectivity index (χ1n) is 10.1. The van der Waals surface area contributed by atoms with E-state index in [0.717, 1.165) is 30.7 Å². The SMILES string of the molecule is C=CC(=O)NCCCc1nc2ccccc2n1CCCCCCCCC. The standard InChI is InChI=1S/C22H33N3O/c1-3-5-6-7-8-9-12-18-25-20-15-11-10-14-19(20)24-21(25)16-13-17-23-22(26)4-2/h4,10-11,14-15H,2-3,5-9,12-13,16-18H2,1H3,(H,23,26). The number of aromatic nitrogens is 2. The molecule has 0 atom stereocenters. The summed E-state index contributed by atoms with van der Waals surface area (Å²) < 4.78 is 2.37. The molecule has 4 heteroatoms. The Hall–Kier alpha value is -2.10. The summed E-state index contributed by atoms with van der Waals surface area (Å²) in [5.74, 6) is 1.02. The van der Waals surface area contributed by atoms with Crippen molar-refractivity contribution in [2.24, 2.45) is 0 Å². The molecule has 0 fully saturated rings. The molecule has 0 aliphatic rings. The molecule has 0 saturated heterocycles. The molecule has 4 nitrogen and oxygen atoms in total. The molecule has 1 aromatic heterocycles. The van der Waals surface area contributed by atoms with Crippen molar-refractivity contribution in [1.29, 1.82) is 0 Å². The molecule has 0 bridgehead atoms. The quantitative estimate of drug-likeness (QED) is 0.405. The van der Waals surface area contributed by atoms with Crippen molar-refractivity contribution in [3.63, 3.8) is 0 Å². The Morgan fingerprint density at radius 1 is 1.12 bits per heavy atom. The Morgan fingerprint density at radius 3 is 2.62 bits per heavy atom. The maximum Gasteiger partial charge on any atom is 0.243 e. The van der Waals surface area contributed by atoms with Crippen LogP contribution in [0.25, 0.3) is 11.0 Å². The van der Waals surface area contributed by atoms with Crippen molar-refractivity contribution in [2.45, 2.75) is 71.3 Å². The highest BCUT2D eigenvalue weighted by Gasteiger charge is 2.10. The number of benzene rings is 1. The summed E-state index contributed by atoms with van der Waals surface area (Å²) in [5, 5.41) is 2.84. The first-order valence-corrected chi connectivity index (χ1v) is 10.1. The molecule has 0 radical (unpaired) electrons. The molecule has 0 spiro atoms. The normalized spacial score (nSPS) is 11.0. The summed E-state index contributed by atoms with van der Waals surface area (Å²) in [6.07, 6.45) is 12.3. The predicted octanol–water partition coefficient (Wildman–Crippen LogP) is 5.02. The predicted molar refractivity (Wildman–Crippen MR) is 109 cm³/mol. The van der Waals surface area contributed by atoms with Gasteiger partial charge < -0.3 is 9.88 Å². The van der Waals surface area contributed by atoms with E-state index in [4.69, 9.17) is 4.98 Å². The maximum absolute atomic E-state index is 11.2. The monoisotopic (exact) mass is 355 g/mol. The van der Waals surface area contributed by atoms with E-state index in [2.05, 4.69) is 41.6 Å². The van der Waals surface area contributed by atoms with Crippen molar-refractivity contribution < 1.29 is 4.79 Å². The summed E-state index contributed by atoms with van der Waals surface area (Å²) in [6, 6.07) is 8.37. The van der Waals surface area contributed by atoms with Crippen LogP contribution in [0, 0.1) is 0 Å². The number of carbonyl (C=O) groups excluding carboxylic acids is 1. The zero-order valence-electron chi connectivity index (χ0n) is 16.2. The molecule has 1 N–H and O–H groups in total. The van der Waals surface area contributed by atoms with Crippen molar-refractivity contribution >= 4 is 16.9 Å². The number of unbranched alkanes of at least 4 members (excludes halogenated alkanes) is 6. The Labute approximate surface area is 157 Å². The number of fused-ring (bicyclic) bond motifs is 1. The minimum atomic E-state index is -0.110. The molecule has 26 heavy (non-hydrogen) atoms. The van der Waals surface area contributed by atoms with Gasteiger partial charge in [0.2, 0.25) is 5.91 Å². The fourth-order valence-corrected chi connectivity index (χ4v) is 3.32. The molecule has 1 aromatic carbocycles. The number of rotatable bonds is 13. The molecular formula is C22H33N3O. The fourth-order valence-electron chi connectivity index (χ4n) is 3.32. The number of para-hydroxylation sites is 2. The number of amides is 1.